The minimum absolute atomic E-state index is 0.0428. The molecule has 0 bridgehead atoms. The van der Waals surface area contributed by atoms with E-state index in [0.29, 0.717) is 10.6 Å². The zero-order chi connectivity index (χ0) is 31.9. The van der Waals surface area contributed by atoms with Crippen LogP contribution in [0, 0.1) is 0 Å². The van der Waals surface area contributed by atoms with Crippen molar-refractivity contribution >= 4 is 55.1 Å². The van der Waals surface area contributed by atoms with Crippen LogP contribution >= 0.6 is 11.3 Å². The van der Waals surface area contributed by atoms with E-state index in [2.05, 4.69) is 25.5 Å². The SMILES string of the molecule is CC(C)(C)OC(=O)NCCC(=O)Nc1cccc(S(=O)(=O)NC(Cc2cccc(C(N)=NO)c2)c2nc3ccccc3s2)c1. The molecule has 4 rings (SSSR count). The summed E-state index contributed by atoms with van der Waals surface area (Å²) >= 11 is 1.38. The number of benzene rings is 3. The van der Waals surface area contributed by atoms with Crippen molar-refractivity contribution in [3.05, 3.63) is 88.9 Å². The number of hydrogen-bond acceptors (Lipinski definition) is 9. The van der Waals surface area contributed by atoms with Gasteiger partial charge in [0.2, 0.25) is 15.9 Å². The number of carbonyl (C=O) groups excluding carboxylic acids is 2. The third-order valence-corrected chi connectivity index (χ3v) is 8.74. The number of nitrogens with zero attached hydrogens (tertiary/aromatic N) is 2. The van der Waals surface area contributed by atoms with Crippen molar-refractivity contribution in [2.45, 2.75) is 50.2 Å². The Hall–Kier alpha value is -4.53. The minimum Gasteiger partial charge on any atom is -0.444 e. The molecule has 0 aliphatic carbocycles. The number of alkyl carbamates (subject to hydrolysis) is 1. The lowest BCUT2D eigenvalue weighted by molar-refractivity contribution is -0.116. The second-order valence-electron chi connectivity index (χ2n) is 10.8. The summed E-state index contributed by atoms with van der Waals surface area (Å²) < 4.78 is 36.2. The maximum Gasteiger partial charge on any atom is 0.407 e. The first-order valence-electron chi connectivity index (χ1n) is 13.6. The van der Waals surface area contributed by atoms with Gasteiger partial charge < -0.3 is 26.3 Å². The Labute approximate surface area is 259 Å². The van der Waals surface area contributed by atoms with Crippen molar-refractivity contribution in [2.24, 2.45) is 10.9 Å². The van der Waals surface area contributed by atoms with Crippen LogP contribution < -0.4 is 21.1 Å². The highest BCUT2D eigenvalue weighted by atomic mass is 32.2. The number of ether oxygens (including phenoxy) is 1. The van der Waals surface area contributed by atoms with E-state index in [0.717, 1.165) is 15.8 Å². The molecule has 14 heteroatoms. The van der Waals surface area contributed by atoms with E-state index in [1.165, 1.54) is 29.5 Å². The van der Waals surface area contributed by atoms with Crippen LogP contribution in [-0.2, 0) is 26.0 Å². The fourth-order valence-electron chi connectivity index (χ4n) is 4.18. The van der Waals surface area contributed by atoms with Gasteiger partial charge in [-0.3, -0.25) is 4.79 Å². The van der Waals surface area contributed by atoms with E-state index in [9.17, 15) is 18.0 Å². The zero-order valence-corrected chi connectivity index (χ0v) is 26.0. The number of amidine groups is 1. The van der Waals surface area contributed by atoms with Gasteiger partial charge in [-0.15, -0.1) is 11.3 Å². The average Bonchev–Trinajstić information content (AvgIpc) is 3.40. The van der Waals surface area contributed by atoms with Crippen molar-refractivity contribution in [1.82, 2.24) is 15.0 Å². The summed E-state index contributed by atoms with van der Waals surface area (Å²) in [5.41, 5.74) is 7.35. The van der Waals surface area contributed by atoms with E-state index >= 15 is 0 Å². The van der Waals surface area contributed by atoms with Gasteiger partial charge in [0.25, 0.3) is 0 Å². The van der Waals surface area contributed by atoms with E-state index in [1.54, 1.807) is 45.0 Å². The molecule has 2 amide bonds. The monoisotopic (exact) mass is 638 g/mol. The number of fused-ring (bicyclic) bond motifs is 1. The fourth-order valence-corrected chi connectivity index (χ4v) is 6.52. The summed E-state index contributed by atoms with van der Waals surface area (Å²) in [6, 6.07) is 19.6. The Kier molecular flexibility index (Phi) is 10.2. The molecule has 0 aliphatic rings. The molecule has 0 aliphatic heterocycles. The van der Waals surface area contributed by atoms with Gasteiger partial charge in [0.05, 0.1) is 21.2 Å². The highest BCUT2D eigenvalue weighted by Gasteiger charge is 2.25. The van der Waals surface area contributed by atoms with Gasteiger partial charge in [0.1, 0.15) is 10.6 Å². The van der Waals surface area contributed by atoms with Crippen molar-refractivity contribution in [3.8, 4) is 0 Å². The lowest BCUT2D eigenvalue weighted by Crippen LogP contribution is -2.34. The number of hydrogen-bond donors (Lipinski definition) is 5. The number of aromatic nitrogens is 1. The molecule has 0 radical (unpaired) electrons. The van der Waals surface area contributed by atoms with E-state index < -0.39 is 33.7 Å². The Balaban J connectivity index is 1.51. The van der Waals surface area contributed by atoms with Gasteiger partial charge in [0, 0.05) is 24.2 Å². The summed E-state index contributed by atoms with van der Waals surface area (Å²) in [7, 11) is -4.10. The normalized spacial score (nSPS) is 12.9. The first-order valence-corrected chi connectivity index (χ1v) is 15.9. The molecule has 12 nitrogen and oxygen atoms in total. The number of nitrogens with two attached hydrogens (primary N) is 1. The van der Waals surface area contributed by atoms with E-state index in [4.69, 9.17) is 15.7 Å². The van der Waals surface area contributed by atoms with Crippen LogP contribution in [-0.4, -0.2) is 48.6 Å². The molecule has 0 saturated heterocycles. The molecule has 232 valence electrons. The number of para-hydroxylation sites is 1. The largest absolute Gasteiger partial charge is 0.444 e. The number of nitrogens with one attached hydrogen (secondary N) is 3. The number of sulfonamides is 1. The summed E-state index contributed by atoms with van der Waals surface area (Å²) in [6.45, 7) is 5.25. The van der Waals surface area contributed by atoms with Gasteiger partial charge in [-0.1, -0.05) is 41.6 Å². The molecule has 0 saturated carbocycles. The number of anilines is 1. The van der Waals surface area contributed by atoms with Crippen LogP contribution in [0.2, 0.25) is 0 Å². The Morgan fingerprint density at radius 1 is 1.07 bits per heavy atom. The van der Waals surface area contributed by atoms with E-state index in [1.807, 2.05) is 30.3 Å². The Morgan fingerprint density at radius 2 is 1.82 bits per heavy atom. The smallest absolute Gasteiger partial charge is 0.407 e. The quantitative estimate of drug-likeness (QED) is 0.0688. The third-order valence-electron chi connectivity index (χ3n) is 6.12. The molecule has 1 atom stereocenters. The fraction of sp³-hybridized carbons (Fsp3) is 0.267. The van der Waals surface area contributed by atoms with Crippen LogP contribution in [0.5, 0.6) is 0 Å². The first kappa shape index (κ1) is 32.4. The molecular formula is C30H34N6O6S2. The van der Waals surface area contributed by atoms with Crippen LogP contribution in [0.15, 0.2) is 82.8 Å². The molecule has 0 fully saturated rings. The lowest BCUT2D eigenvalue weighted by Gasteiger charge is -2.19. The number of oxime groups is 1. The summed E-state index contributed by atoms with van der Waals surface area (Å²) in [6.07, 6.45) is -0.449. The van der Waals surface area contributed by atoms with E-state index in [-0.39, 0.29) is 35.8 Å². The second-order valence-corrected chi connectivity index (χ2v) is 13.6. The molecule has 4 aromatic rings. The van der Waals surface area contributed by atoms with Gasteiger partial charge in [0.15, 0.2) is 5.84 Å². The van der Waals surface area contributed by atoms with Gasteiger partial charge in [-0.2, -0.15) is 0 Å². The maximum atomic E-state index is 13.7. The molecular weight excluding hydrogens is 605 g/mol. The third kappa shape index (κ3) is 8.99. The Bertz CT molecular complexity index is 1750. The molecule has 3 aromatic carbocycles. The lowest BCUT2D eigenvalue weighted by atomic mass is 10.0. The predicted octanol–water partition coefficient (Wildman–Crippen LogP) is 4.51. The predicted molar refractivity (Wildman–Crippen MR) is 169 cm³/mol. The highest BCUT2D eigenvalue weighted by Crippen LogP contribution is 2.30. The Morgan fingerprint density at radius 3 is 2.55 bits per heavy atom. The van der Waals surface area contributed by atoms with Crippen molar-refractivity contribution in [1.29, 1.82) is 0 Å². The van der Waals surface area contributed by atoms with Crippen molar-refractivity contribution < 1.29 is 28.0 Å². The molecule has 6 N–H and O–H groups in total. The van der Waals surface area contributed by atoms with Crippen molar-refractivity contribution in [3.63, 3.8) is 0 Å². The molecule has 44 heavy (non-hydrogen) atoms. The van der Waals surface area contributed by atoms with Gasteiger partial charge >= 0.3 is 6.09 Å². The minimum atomic E-state index is -4.10. The number of rotatable bonds is 11. The number of amides is 2. The number of thiazole rings is 1. The van der Waals surface area contributed by atoms with Crippen molar-refractivity contribution in [2.75, 3.05) is 11.9 Å². The maximum absolute atomic E-state index is 13.7. The van der Waals surface area contributed by atoms with Crippen LogP contribution in [0.25, 0.3) is 10.2 Å². The number of carbonyl (C=O) groups is 2. The average molecular weight is 639 g/mol. The molecule has 1 unspecified atom stereocenters. The summed E-state index contributed by atoms with van der Waals surface area (Å²) in [5.74, 6) is -0.482. The first-order chi connectivity index (χ1) is 20.8. The molecule has 1 heterocycles. The standard InChI is InChI=1S/C30H34N6O6S2/c1-30(2,3)42-29(38)32-15-14-26(37)33-21-10-7-11-22(18-21)44(40,41)36-24(28-34-23-12-4-5-13-25(23)43-28)17-19-8-6-9-20(16-19)27(31)35-39/h4-13,16,18,24,36,39H,14-15,17H2,1-3H3,(H2,31,35)(H,32,38)(H,33,37). The molecule has 0 spiro atoms. The zero-order valence-electron chi connectivity index (χ0n) is 24.4. The van der Waals surface area contributed by atoms with Gasteiger partial charge in [-0.25, -0.2) is 22.9 Å². The van der Waals surface area contributed by atoms with Crippen LogP contribution in [0.1, 0.15) is 49.4 Å². The summed E-state index contributed by atoms with van der Waals surface area (Å²) in [4.78, 5) is 28.9. The summed E-state index contributed by atoms with van der Waals surface area (Å²) in [5, 5.41) is 17.9. The topological polar surface area (TPSA) is 185 Å². The van der Waals surface area contributed by atoms with Crippen LogP contribution in [0.3, 0.4) is 0 Å². The second kappa shape index (κ2) is 13.8. The van der Waals surface area contributed by atoms with Crippen LogP contribution in [0.4, 0.5) is 10.5 Å². The molecule has 1 aromatic heterocycles. The highest BCUT2D eigenvalue weighted by molar-refractivity contribution is 7.89. The van der Waals surface area contributed by atoms with Gasteiger partial charge in [-0.05, 0) is 69.2 Å².